The van der Waals surface area contributed by atoms with E-state index < -0.39 is 5.91 Å². The van der Waals surface area contributed by atoms with Gasteiger partial charge in [-0.05, 0) is 42.5 Å². The highest BCUT2D eigenvalue weighted by Gasteiger charge is 2.02. The Morgan fingerprint density at radius 1 is 1.15 bits per heavy atom. The second-order valence-electron chi connectivity index (χ2n) is 3.91. The van der Waals surface area contributed by atoms with Crippen LogP contribution in [0.3, 0.4) is 0 Å². The van der Waals surface area contributed by atoms with Crippen molar-refractivity contribution in [3.8, 4) is 0 Å². The number of carbonyl (C=O) groups is 2. The molecule has 0 aliphatic rings. The third-order valence-electron chi connectivity index (χ3n) is 2.43. The molecule has 0 bridgehead atoms. The molecule has 2 rings (SSSR count). The normalized spacial score (nSPS) is 10.7. The Bertz CT molecular complexity index is 662. The number of hydrogen-bond donors (Lipinski definition) is 2. The Hall–Kier alpha value is -2.11. The van der Waals surface area contributed by atoms with Crippen LogP contribution in [0.25, 0.3) is 6.08 Å². The van der Waals surface area contributed by atoms with Gasteiger partial charge in [-0.25, -0.2) is 0 Å². The van der Waals surface area contributed by atoms with E-state index in [9.17, 15) is 9.59 Å². The SMILES string of the molecule is NC(=O)c1ccc(NC(=O)/C=C/c2ccc(Cl)s2)cc1. The predicted molar refractivity (Wildman–Crippen MR) is 82.0 cm³/mol. The number of halogens is 1. The molecule has 1 heterocycles. The van der Waals surface area contributed by atoms with E-state index in [-0.39, 0.29) is 5.91 Å². The summed E-state index contributed by atoms with van der Waals surface area (Å²) in [5.41, 5.74) is 6.12. The van der Waals surface area contributed by atoms with Crippen LogP contribution in [-0.4, -0.2) is 11.8 Å². The van der Waals surface area contributed by atoms with E-state index in [1.807, 2.05) is 6.07 Å². The van der Waals surface area contributed by atoms with Crippen LogP contribution in [0, 0.1) is 0 Å². The molecule has 4 nitrogen and oxygen atoms in total. The van der Waals surface area contributed by atoms with Crippen molar-refractivity contribution in [1.29, 1.82) is 0 Å². The van der Waals surface area contributed by atoms with Crippen LogP contribution in [-0.2, 0) is 4.79 Å². The monoisotopic (exact) mass is 306 g/mol. The van der Waals surface area contributed by atoms with Crippen LogP contribution >= 0.6 is 22.9 Å². The topological polar surface area (TPSA) is 72.2 Å². The highest BCUT2D eigenvalue weighted by atomic mass is 35.5. The average Bonchev–Trinajstić information content (AvgIpc) is 2.83. The molecule has 0 spiro atoms. The molecule has 0 radical (unpaired) electrons. The second-order valence-corrected chi connectivity index (χ2v) is 5.65. The van der Waals surface area contributed by atoms with Gasteiger partial charge in [0.2, 0.25) is 11.8 Å². The van der Waals surface area contributed by atoms with Gasteiger partial charge in [0.15, 0.2) is 0 Å². The molecule has 2 amide bonds. The summed E-state index contributed by atoms with van der Waals surface area (Å²) in [4.78, 5) is 23.5. The minimum Gasteiger partial charge on any atom is -0.366 e. The molecule has 2 aromatic rings. The zero-order valence-corrected chi connectivity index (χ0v) is 11.9. The molecule has 0 saturated carbocycles. The number of nitrogens with two attached hydrogens (primary N) is 1. The van der Waals surface area contributed by atoms with Gasteiger partial charge < -0.3 is 11.1 Å². The third-order valence-corrected chi connectivity index (χ3v) is 3.63. The molecule has 0 aliphatic heterocycles. The maximum absolute atomic E-state index is 11.7. The van der Waals surface area contributed by atoms with Crippen LogP contribution < -0.4 is 11.1 Å². The fraction of sp³-hybridized carbons (Fsp3) is 0. The van der Waals surface area contributed by atoms with Crippen molar-refractivity contribution in [2.24, 2.45) is 5.73 Å². The lowest BCUT2D eigenvalue weighted by Crippen LogP contribution is -2.11. The van der Waals surface area contributed by atoms with Crippen molar-refractivity contribution in [1.82, 2.24) is 0 Å². The summed E-state index contributed by atoms with van der Waals surface area (Å²) >= 11 is 7.18. The summed E-state index contributed by atoms with van der Waals surface area (Å²) in [6, 6.07) is 9.95. The van der Waals surface area contributed by atoms with Gasteiger partial charge in [-0.3, -0.25) is 9.59 Å². The first kappa shape index (κ1) is 14.3. The second kappa shape index (κ2) is 6.36. The largest absolute Gasteiger partial charge is 0.366 e. The van der Waals surface area contributed by atoms with Crippen LogP contribution in [0.1, 0.15) is 15.2 Å². The molecule has 1 aromatic carbocycles. The van der Waals surface area contributed by atoms with E-state index in [0.717, 1.165) is 4.88 Å². The summed E-state index contributed by atoms with van der Waals surface area (Å²) in [6.45, 7) is 0. The van der Waals surface area contributed by atoms with Crippen molar-refractivity contribution in [2.75, 3.05) is 5.32 Å². The zero-order chi connectivity index (χ0) is 14.5. The quantitative estimate of drug-likeness (QED) is 0.852. The van der Waals surface area contributed by atoms with Gasteiger partial charge in [-0.2, -0.15) is 0 Å². The summed E-state index contributed by atoms with van der Waals surface area (Å²) in [5, 5.41) is 2.68. The van der Waals surface area contributed by atoms with Gasteiger partial charge >= 0.3 is 0 Å². The van der Waals surface area contributed by atoms with Gasteiger partial charge in [0, 0.05) is 22.2 Å². The number of amides is 2. The number of carbonyl (C=O) groups excluding carboxylic acids is 2. The maximum atomic E-state index is 11.7. The Labute approximate surface area is 124 Å². The van der Waals surface area contributed by atoms with E-state index in [1.54, 1.807) is 36.4 Å². The predicted octanol–water partition coefficient (Wildman–Crippen LogP) is 3.15. The molecule has 0 atom stereocenters. The Morgan fingerprint density at radius 2 is 1.85 bits per heavy atom. The minimum absolute atomic E-state index is 0.263. The lowest BCUT2D eigenvalue weighted by atomic mass is 10.2. The number of anilines is 1. The van der Waals surface area contributed by atoms with Crippen LogP contribution in [0.15, 0.2) is 42.5 Å². The Morgan fingerprint density at radius 3 is 2.40 bits per heavy atom. The standard InChI is InChI=1S/C14H11ClN2O2S/c15-12-7-5-11(20-12)6-8-13(18)17-10-3-1-9(2-4-10)14(16)19/h1-8H,(H2,16,19)(H,17,18)/b8-6+. The maximum Gasteiger partial charge on any atom is 0.248 e. The number of benzene rings is 1. The summed E-state index contributed by atoms with van der Waals surface area (Å²) in [5.74, 6) is -0.765. The molecule has 0 saturated heterocycles. The van der Waals surface area contributed by atoms with Crippen LogP contribution in [0.5, 0.6) is 0 Å². The van der Waals surface area contributed by atoms with Crippen molar-refractivity contribution in [2.45, 2.75) is 0 Å². The molecule has 0 fully saturated rings. The van der Waals surface area contributed by atoms with Gasteiger partial charge in [0.05, 0.1) is 4.34 Å². The molecule has 0 aliphatic carbocycles. The first-order valence-electron chi connectivity index (χ1n) is 5.69. The number of rotatable bonds is 4. The van der Waals surface area contributed by atoms with Crippen LogP contribution in [0.2, 0.25) is 4.34 Å². The average molecular weight is 307 g/mol. The summed E-state index contributed by atoms with van der Waals surface area (Å²) in [6.07, 6.45) is 3.10. The van der Waals surface area contributed by atoms with E-state index in [2.05, 4.69) is 5.32 Å². The first-order chi connectivity index (χ1) is 9.54. The molecule has 0 unspecified atom stereocenters. The Kier molecular flexibility index (Phi) is 4.55. The van der Waals surface area contributed by atoms with Crippen molar-refractivity contribution < 1.29 is 9.59 Å². The van der Waals surface area contributed by atoms with Gasteiger partial charge in [0.1, 0.15) is 0 Å². The molecule has 3 N–H and O–H groups in total. The van der Waals surface area contributed by atoms with E-state index in [1.165, 1.54) is 17.4 Å². The fourth-order valence-corrected chi connectivity index (χ4v) is 2.44. The molecule has 6 heteroatoms. The van der Waals surface area contributed by atoms with Crippen molar-refractivity contribution in [3.05, 3.63) is 57.3 Å². The van der Waals surface area contributed by atoms with Crippen molar-refractivity contribution in [3.63, 3.8) is 0 Å². The molecule has 20 heavy (non-hydrogen) atoms. The van der Waals surface area contributed by atoms with E-state index in [0.29, 0.717) is 15.6 Å². The zero-order valence-electron chi connectivity index (χ0n) is 10.3. The Balaban J connectivity index is 1.97. The van der Waals surface area contributed by atoms with Crippen LogP contribution in [0.4, 0.5) is 5.69 Å². The smallest absolute Gasteiger partial charge is 0.248 e. The number of primary amides is 1. The highest BCUT2D eigenvalue weighted by molar-refractivity contribution is 7.17. The molecule has 102 valence electrons. The third kappa shape index (κ3) is 3.94. The molecule has 1 aromatic heterocycles. The summed E-state index contributed by atoms with van der Waals surface area (Å²) in [7, 11) is 0. The molecular formula is C14H11ClN2O2S. The van der Waals surface area contributed by atoms with E-state index >= 15 is 0 Å². The lowest BCUT2D eigenvalue weighted by molar-refractivity contribution is -0.111. The van der Waals surface area contributed by atoms with Gasteiger partial charge in [0.25, 0.3) is 0 Å². The van der Waals surface area contributed by atoms with Gasteiger partial charge in [-0.1, -0.05) is 11.6 Å². The summed E-state index contributed by atoms with van der Waals surface area (Å²) < 4.78 is 0.673. The van der Waals surface area contributed by atoms with Gasteiger partial charge in [-0.15, -0.1) is 11.3 Å². The molecular weight excluding hydrogens is 296 g/mol. The first-order valence-corrected chi connectivity index (χ1v) is 6.88. The van der Waals surface area contributed by atoms with Crippen molar-refractivity contribution >= 4 is 46.5 Å². The fourth-order valence-electron chi connectivity index (χ4n) is 1.48. The number of hydrogen-bond acceptors (Lipinski definition) is 3. The number of nitrogens with one attached hydrogen (secondary N) is 1. The minimum atomic E-state index is -0.502. The lowest BCUT2D eigenvalue weighted by Gasteiger charge is -2.02. The highest BCUT2D eigenvalue weighted by Crippen LogP contribution is 2.22. The number of thiophene rings is 1. The van der Waals surface area contributed by atoms with E-state index in [4.69, 9.17) is 17.3 Å².